The smallest absolute Gasteiger partial charge is 0.115 e. The van der Waals surface area contributed by atoms with Gasteiger partial charge in [0.1, 0.15) is 13.9 Å². The van der Waals surface area contributed by atoms with Crippen LogP contribution in [0.2, 0.25) is 0 Å². The van der Waals surface area contributed by atoms with Crippen molar-refractivity contribution in [2.45, 2.75) is 19.8 Å². The minimum atomic E-state index is 0.490. The molecule has 0 saturated carbocycles. The van der Waals surface area contributed by atoms with Crippen LogP contribution in [0.1, 0.15) is 30.9 Å². The lowest BCUT2D eigenvalue weighted by molar-refractivity contribution is 0.867. The summed E-state index contributed by atoms with van der Waals surface area (Å²) in [5.41, 5.74) is 5.22. The zero-order valence-corrected chi connectivity index (χ0v) is 12.0. The predicted octanol–water partition coefficient (Wildman–Crippen LogP) is 2.79. The molecule has 0 aliphatic heterocycles. The van der Waals surface area contributed by atoms with Crippen molar-refractivity contribution in [1.82, 2.24) is 9.61 Å². The number of nitrogens with zero attached hydrogens (tertiary/aromatic N) is 3. The van der Waals surface area contributed by atoms with Crippen molar-refractivity contribution >= 4 is 18.8 Å². The van der Waals surface area contributed by atoms with Crippen molar-refractivity contribution in [1.29, 1.82) is 5.26 Å². The van der Waals surface area contributed by atoms with Crippen molar-refractivity contribution in [3.8, 4) is 17.2 Å². The summed E-state index contributed by atoms with van der Waals surface area (Å²) < 4.78 is 1.67. The summed E-state index contributed by atoms with van der Waals surface area (Å²) in [6.45, 7) is 4.33. The molecule has 4 heteroatoms. The van der Waals surface area contributed by atoms with E-state index >= 15 is 0 Å². The van der Waals surface area contributed by atoms with Crippen molar-refractivity contribution < 1.29 is 0 Å². The summed E-state index contributed by atoms with van der Waals surface area (Å²) in [5.74, 6) is 0.490. The van der Waals surface area contributed by atoms with Crippen LogP contribution in [0.25, 0.3) is 16.6 Å². The molecule has 2 heterocycles. The maximum Gasteiger partial charge on any atom is 0.115 e. The zero-order valence-electron chi connectivity index (χ0n) is 12.0. The fourth-order valence-electron chi connectivity index (χ4n) is 2.49. The normalized spacial score (nSPS) is 11.0. The zero-order chi connectivity index (χ0) is 15.0. The summed E-state index contributed by atoms with van der Waals surface area (Å²) in [6, 6.07) is 12.4. The topological polar surface area (TPSA) is 41.1 Å². The van der Waals surface area contributed by atoms with Gasteiger partial charge in [-0.3, -0.25) is 0 Å². The molecule has 1 aromatic carbocycles. The number of nitriles is 1. The van der Waals surface area contributed by atoms with Crippen LogP contribution in [0, 0.1) is 11.3 Å². The SMILES string of the molecule is [B]c1cc(-c2ccc(C(C)C)cc2)c2c(C#N)cnn2c1. The minimum Gasteiger partial charge on any atom is -0.240 e. The Bertz CT molecular complexity index is 839. The van der Waals surface area contributed by atoms with E-state index in [2.05, 4.69) is 49.3 Å². The highest BCUT2D eigenvalue weighted by atomic mass is 15.2. The van der Waals surface area contributed by atoms with E-state index in [4.69, 9.17) is 7.85 Å². The summed E-state index contributed by atoms with van der Waals surface area (Å²) in [7, 11) is 5.95. The molecule has 3 nitrogen and oxygen atoms in total. The van der Waals surface area contributed by atoms with Gasteiger partial charge in [-0.25, -0.2) is 4.52 Å². The first-order valence-corrected chi connectivity index (χ1v) is 6.87. The Balaban J connectivity index is 2.24. The van der Waals surface area contributed by atoms with E-state index in [9.17, 15) is 5.26 Å². The summed E-state index contributed by atoms with van der Waals surface area (Å²) in [5, 5.41) is 13.4. The van der Waals surface area contributed by atoms with Gasteiger partial charge in [-0.1, -0.05) is 49.6 Å². The van der Waals surface area contributed by atoms with E-state index < -0.39 is 0 Å². The molecule has 2 aromatic heterocycles. The lowest BCUT2D eigenvalue weighted by atomic mass is 9.92. The number of pyridine rings is 1. The third-order valence-electron chi connectivity index (χ3n) is 3.64. The molecule has 0 amide bonds. The van der Waals surface area contributed by atoms with Crippen LogP contribution < -0.4 is 5.46 Å². The highest BCUT2D eigenvalue weighted by molar-refractivity contribution is 6.32. The van der Waals surface area contributed by atoms with Crippen molar-refractivity contribution in [2.24, 2.45) is 0 Å². The van der Waals surface area contributed by atoms with Gasteiger partial charge in [0, 0.05) is 11.8 Å². The van der Waals surface area contributed by atoms with Crippen LogP contribution in [0.15, 0.2) is 42.7 Å². The Hall–Kier alpha value is -2.54. The third kappa shape index (κ3) is 2.32. The Morgan fingerprint density at radius 1 is 1.24 bits per heavy atom. The molecule has 0 aliphatic rings. The van der Waals surface area contributed by atoms with E-state index in [1.807, 2.05) is 6.07 Å². The van der Waals surface area contributed by atoms with Crippen molar-refractivity contribution in [2.75, 3.05) is 0 Å². The number of rotatable bonds is 2. The monoisotopic (exact) mass is 271 g/mol. The maximum atomic E-state index is 9.25. The van der Waals surface area contributed by atoms with Gasteiger partial charge in [0.05, 0.1) is 17.3 Å². The van der Waals surface area contributed by atoms with E-state index in [0.29, 0.717) is 16.9 Å². The Labute approximate surface area is 125 Å². The first-order valence-electron chi connectivity index (χ1n) is 6.87. The quantitative estimate of drug-likeness (QED) is 0.672. The number of hydrogen-bond donors (Lipinski definition) is 0. The number of fused-ring (bicyclic) bond motifs is 1. The fraction of sp³-hybridized carbons (Fsp3) is 0.176. The van der Waals surface area contributed by atoms with Gasteiger partial charge in [0.2, 0.25) is 0 Å². The molecule has 0 spiro atoms. The van der Waals surface area contributed by atoms with Crippen LogP contribution in [0.3, 0.4) is 0 Å². The number of aromatic nitrogens is 2. The average molecular weight is 271 g/mol. The van der Waals surface area contributed by atoms with Crippen LogP contribution >= 0.6 is 0 Å². The highest BCUT2D eigenvalue weighted by Crippen LogP contribution is 2.27. The lowest BCUT2D eigenvalue weighted by Gasteiger charge is -2.10. The first-order chi connectivity index (χ1) is 10.1. The number of hydrogen-bond acceptors (Lipinski definition) is 2. The summed E-state index contributed by atoms with van der Waals surface area (Å²) in [4.78, 5) is 0. The van der Waals surface area contributed by atoms with Crippen LogP contribution in [0.5, 0.6) is 0 Å². The molecule has 0 bridgehead atoms. The van der Waals surface area contributed by atoms with Crippen LogP contribution in [0.4, 0.5) is 0 Å². The molecule has 21 heavy (non-hydrogen) atoms. The fourth-order valence-corrected chi connectivity index (χ4v) is 2.49. The summed E-state index contributed by atoms with van der Waals surface area (Å²) >= 11 is 0. The first kappa shape index (κ1) is 13.4. The lowest BCUT2D eigenvalue weighted by Crippen LogP contribution is -2.07. The Morgan fingerprint density at radius 2 is 1.95 bits per heavy atom. The van der Waals surface area contributed by atoms with Gasteiger partial charge in [0.15, 0.2) is 0 Å². The largest absolute Gasteiger partial charge is 0.240 e. The molecule has 0 fully saturated rings. The molecule has 0 saturated heterocycles. The van der Waals surface area contributed by atoms with Gasteiger partial charge >= 0.3 is 0 Å². The van der Waals surface area contributed by atoms with Gasteiger partial charge in [-0.2, -0.15) is 10.4 Å². The molecular formula is C17H14BN3. The van der Waals surface area contributed by atoms with E-state index in [1.54, 1.807) is 16.9 Å². The molecule has 3 aromatic rings. The molecule has 0 N–H and O–H groups in total. The van der Waals surface area contributed by atoms with E-state index in [0.717, 1.165) is 16.6 Å². The molecular weight excluding hydrogens is 257 g/mol. The molecule has 0 aliphatic carbocycles. The van der Waals surface area contributed by atoms with Gasteiger partial charge in [-0.15, -0.1) is 0 Å². The predicted molar refractivity (Wildman–Crippen MR) is 84.8 cm³/mol. The Kier molecular flexibility index (Phi) is 3.27. The van der Waals surface area contributed by atoms with Gasteiger partial charge in [-0.05, 0) is 17.0 Å². The van der Waals surface area contributed by atoms with Crippen molar-refractivity contribution in [3.05, 3.63) is 53.9 Å². The second-order valence-corrected chi connectivity index (χ2v) is 5.43. The third-order valence-corrected chi connectivity index (χ3v) is 3.64. The second-order valence-electron chi connectivity index (χ2n) is 5.43. The molecule has 2 radical (unpaired) electrons. The van der Waals surface area contributed by atoms with E-state index in [1.165, 1.54) is 5.56 Å². The maximum absolute atomic E-state index is 9.25. The molecule has 100 valence electrons. The summed E-state index contributed by atoms with van der Waals surface area (Å²) in [6.07, 6.45) is 3.29. The molecule has 0 atom stereocenters. The Morgan fingerprint density at radius 3 is 2.57 bits per heavy atom. The van der Waals surface area contributed by atoms with Crippen molar-refractivity contribution in [3.63, 3.8) is 0 Å². The molecule has 0 unspecified atom stereocenters. The van der Waals surface area contributed by atoms with Gasteiger partial charge in [0.25, 0.3) is 0 Å². The second kappa shape index (κ2) is 5.10. The number of benzene rings is 1. The minimum absolute atomic E-state index is 0.490. The van der Waals surface area contributed by atoms with Crippen LogP contribution in [-0.4, -0.2) is 17.5 Å². The molecule has 3 rings (SSSR count). The highest BCUT2D eigenvalue weighted by Gasteiger charge is 2.11. The van der Waals surface area contributed by atoms with Gasteiger partial charge < -0.3 is 0 Å². The average Bonchev–Trinajstić information content (AvgIpc) is 2.89. The standard InChI is InChI=1S/C17H14BN3/c1-11(2)12-3-5-13(6-4-12)16-7-15(18)10-21-17(16)14(8-19)9-20-21/h3-7,9-11H,1-2H3. The van der Waals surface area contributed by atoms with Crippen LogP contribution in [-0.2, 0) is 0 Å². The van der Waals surface area contributed by atoms with E-state index in [-0.39, 0.29) is 0 Å².